The van der Waals surface area contributed by atoms with Crippen molar-refractivity contribution in [1.29, 1.82) is 5.26 Å². The van der Waals surface area contributed by atoms with E-state index in [0.29, 0.717) is 16.1 Å². The number of nitrogens with zero attached hydrogens (tertiary/aromatic N) is 2. The van der Waals surface area contributed by atoms with Gasteiger partial charge in [-0.3, -0.25) is 9.36 Å². The summed E-state index contributed by atoms with van der Waals surface area (Å²) in [5.41, 5.74) is 2.37. The van der Waals surface area contributed by atoms with Crippen molar-refractivity contribution in [1.82, 2.24) is 4.57 Å². The first-order valence-corrected chi connectivity index (χ1v) is 9.89. The van der Waals surface area contributed by atoms with Crippen molar-refractivity contribution < 1.29 is 18.7 Å². The summed E-state index contributed by atoms with van der Waals surface area (Å²) in [4.78, 5) is 37.6. The maximum atomic E-state index is 12.6. The van der Waals surface area contributed by atoms with Gasteiger partial charge in [0.05, 0.1) is 23.8 Å². The summed E-state index contributed by atoms with van der Waals surface area (Å²) in [6.45, 7) is -0.267. The van der Waals surface area contributed by atoms with Gasteiger partial charge in [0, 0.05) is 4.88 Å². The van der Waals surface area contributed by atoms with Crippen LogP contribution < -0.4 is 11.1 Å². The van der Waals surface area contributed by atoms with E-state index in [1.165, 1.54) is 41.2 Å². The van der Waals surface area contributed by atoms with Crippen molar-refractivity contribution >= 4 is 39.3 Å². The minimum Gasteiger partial charge on any atom is -0.465 e. The first-order valence-electron chi connectivity index (χ1n) is 9.08. The quantitative estimate of drug-likeness (QED) is 0.660. The number of esters is 1. The molecular weight excluding hydrogens is 394 g/mol. The van der Waals surface area contributed by atoms with Gasteiger partial charge in [0.1, 0.15) is 17.6 Å². The predicted molar refractivity (Wildman–Crippen MR) is 106 cm³/mol. The minimum absolute atomic E-state index is 0.190. The van der Waals surface area contributed by atoms with Crippen LogP contribution in [0.2, 0.25) is 0 Å². The zero-order valence-electron chi connectivity index (χ0n) is 15.6. The molecule has 0 saturated carbocycles. The third-order valence-corrected chi connectivity index (χ3v) is 6.13. The summed E-state index contributed by atoms with van der Waals surface area (Å²) >= 11 is 1.43. The number of hydrogen-bond donors (Lipinski definition) is 1. The Labute approximate surface area is 169 Å². The van der Waals surface area contributed by atoms with Crippen LogP contribution in [-0.4, -0.2) is 23.6 Å². The molecule has 2 aromatic heterocycles. The molecule has 9 heteroatoms. The van der Waals surface area contributed by atoms with Gasteiger partial charge < -0.3 is 14.5 Å². The van der Waals surface area contributed by atoms with Crippen LogP contribution in [0.25, 0.3) is 11.1 Å². The topological polar surface area (TPSA) is 114 Å². The van der Waals surface area contributed by atoms with Crippen LogP contribution in [0.4, 0.5) is 5.00 Å². The Morgan fingerprint density at radius 1 is 1.34 bits per heavy atom. The fourth-order valence-electron chi connectivity index (χ4n) is 3.54. The molecule has 1 aliphatic carbocycles. The molecule has 0 bridgehead atoms. The Kier molecular flexibility index (Phi) is 4.94. The largest absolute Gasteiger partial charge is 0.465 e. The van der Waals surface area contributed by atoms with Crippen molar-refractivity contribution in [3.8, 4) is 6.07 Å². The molecule has 1 aromatic carbocycles. The molecule has 148 valence electrons. The number of carbonyl (C=O) groups excluding carboxylic acids is 2. The lowest BCUT2D eigenvalue weighted by molar-refractivity contribution is -0.116. The lowest BCUT2D eigenvalue weighted by Crippen LogP contribution is -2.24. The molecule has 4 rings (SSSR count). The van der Waals surface area contributed by atoms with Gasteiger partial charge in [-0.15, -0.1) is 11.3 Å². The van der Waals surface area contributed by atoms with Gasteiger partial charge in [0.15, 0.2) is 5.58 Å². The number of nitrogens with one attached hydrogen (secondary N) is 1. The third kappa shape index (κ3) is 3.43. The van der Waals surface area contributed by atoms with Gasteiger partial charge in [-0.25, -0.2) is 9.59 Å². The molecule has 1 amide bonds. The molecule has 8 nitrogen and oxygen atoms in total. The number of oxazole rings is 1. The van der Waals surface area contributed by atoms with E-state index in [1.54, 1.807) is 0 Å². The molecule has 1 N–H and O–H groups in total. The number of methoxy groups -OCH3 is 1. The molecule has 0 radical (unpaired) electrons. The van der Waals surface area contributed by atoms with Gasteiger partial charge in [-0.05, 0) is 49.4 Å². The van der Waals surface area contributed by atoms with Crippen LogP contribution >= 0.6 is 11.3 Å². The summed E-state index contributed by atoms with van der Waals surface area (Å²) in [5, 5.41) is 12.8. The number of aryl methyl sites for hydroxylation is 1. The van der Waals surface area contributed by atoms with E-state index < -0.39 is 17.6 Å². The number of anilines is 1. The molecular formula is C20H17N3O5S. The Morgan fingerprint density at radius 3 is 2.90 bits per heavy atom. The number of amides is 1. The number of ether oxygens (including phenoxy) is 1. The fraction of sp³-hybridized carbons (Fsp3) is 0.300. The van der Waals surface area contributed by atoms with E-state index in [1.807, 2.05) is 0 Å². The lowest BCUT2D eigenvalue weighted by atomic mass is 9.96. The van der Waals surface area contributed by atoms with Crippen LogP contribution in [0, 0.1) is 11.3 Å². The molecule has 0 fully saturated rings. The molecule has 3 aromatic rings. The summed E-state index contributed by atoms with van der Waals surface area (Å²) < 4.78 is 11.0. The highest BCUT2D eigenvalue weighted by Crippen LogP contribution is 2.37. The average Bonchev–Trinajstić information content (AvgIpc) is 3.23. The zero-order valence-corrected chi connectivity index (χ0v) is 16.4. The second-order valence-corrected chi connectivity index (χ2v) is 7.81. The van der Waals surface area contributed by atoms with E-state index in [9.17, 15) is 19.6 Å². The van der Waals surface area contributed by atoms with Gasteiger partial charge in [0.25, 0.3) is 0 Å². The van der Waals surface area contributed by atoms with E-state index in [0.717, 1.165) is 36.1 Å². The maximum Gasteiger partial charge on any atom is 0.420 e. The summed E-state index contributed by atoms with van der Waals surface area (Å²) in [6, 6.07) is 6.63. The normalized spacial score (nSPS) is 13.0. The molecule has 29 heavy (non-hydrogen) atoms. The second kappa shape index (κ2) is 7.56. The van der Waals surface area contributed by atoms with Crippen LogP contribution in [0.15, 0.2) is 27.4 Å². The van der Waals surface area contributed by atoms with Gasteiger partial charge in [-0.2, -0.15) is 5.26 Å². The zero-order chi connectivity index (χ0) is 20.5. The van der Waals surface area contributed by atoms with Crippen molar-refractivity contribution in [3.05, 3.63) is 50.3 Å². The Hall–Kier alpha value is -3.38. The predicted octanol–water partition coefficient (Wildman–Crippen LogP) is 2.83. The van der Waals surface area contributed by atoms with Crippen LogP contribution in [0.1, 0.15) is 39.2 Å². The van der Waals surface area contributed by atoms with Crippen LogP contribution in [0.5, 0.6) is 0 Å². The summed E-state index contributed by atoms with van der Waals surface area (Å²) in [5.74, 6) is -1.68. The third-order valence-electron chi connectivity index (χ3n) is 4.93. The highest BCUT2D eigenvalue weighted by molar-refractivity contribution is 7.16. The molecule has 0 spiro atoms. The molecule has 2 heterocycles. The van der Waals surface area contributed by atoms with Crippen LogP contribution in [-0.2, 0) is 28.9 Å². The van der Waals surface area contributed by atoms with Crippen LogP contribution in [0.3, 0.4) is 0 Å². The smallest absolute Gasteiger partial charge is 0.420 e. The number of rotatable bonds is 4. The van der Waals surface area contributed by atoms with Crippen molar-refractivity contribution in [3.63, 3.8) is 0 Å². The van der Waals surface area contributed by atoms with Crippen molar-refractivity contribution in [2.45, 2.75) is 32.2 Å². The second-order valence-electron chi connectivity index (χ2n) is 6.70. The SMILES string of the molecule is COC(=O)c1ccc2c(c1)oc(=O)n2CC(=O)Nc1sc2c(c1C#N)CCCC2. The molecule has 0 atom stereocenters. The molecule has 1 aliphatic rings. The Morgan fingerprint density at radius 2 is 2.14 bits per heavy atom. The van der Waals surface area contributed by atoms with Gasteiger partial charge >= 0.3 is 11.7 Å². The van der Waals surface area contributed by atoms with E-state index >= 15 is 0 Å². The van der Waals surface area contributed by atoms with E-state index in [2.05, 4.69) is 16.1 Å². The monoisotopic (exact) mass is 411 g/mol. The highest BCUT2D eigenvalue weighted by atomic mass is 32.1. The minimum atomic E-state index is -0.705. The van der Waals surface area contributed by atoms with Crippen molar-refractivity contribution in [2.75, 3.05) is 12.4 Å². The standard InChI is InChI=1S/C20H17N3O5S/c1-27-19(25)11-6-7-14-15(8-11)28-20(26)23(14)10-17(24)22-18-13(9-21)12-4-2-3-5-16(12)29-18/h6-8H,2-5,10H2,1H3,(H,22,24). The Bertz CT molecular complexity index is 1230. The molecule has 0 saturated heterocycles. The number of fused-ring (bicyclic) bond motifs is 2. The number of benzene rings is 1. The van der Waals surface area contributed by atoms with Gasteiger partial charge in [0.2, 0.25) is 5.91 Å². The average molecular weight is 411 g/mol. The van der Waals surface area contributed by atoms with Gasteiger partial charge in [-0.1, -0.05) is 0 Å². The number of aromatic nitrogens is 1. The fourth-order valence-corrected chi connectivity index (χ4v) is 4.80. The molecule has 0 aliphatic heterocycles. The summed E-state index contributed by atoms with van der Waals surface area (Å²) in [6.07, 6.45) is 3.88. The number of carbonyl (C=O) groups is 2. The summed E-state index contributed by atoms with van der Waals surface area (Å²) in [7, 11) is 1.26. The van der Waals surface area contributed by atoms with E-state index in [-0.39, 0.29) is 17.7 Å². The maximum absolute atomic E-state index is 12.6. The molecule has 0 unspecified atom stereocenters. The van der Waals surface area contributed by atoms with E-state index in [4.69, 9.17) is 4.42 Å². The first kappa shape index (κ1) is 19.0. The lowest BCUT2D eigenvalue weighted by Gasteiger charge is -2.09. The number of nitriles is 1. The Balaban J connectivity index is 1.59. The first-order chi connectivity index (χ1) is 14.0. The number of hydrogen-bond acceptors (Lipinski definition) is 7. The van der Waals surface area contributed by atoms with Crippen molar-refractivity contribution in [2.24, 2.45) is 0 Å². The number of thiophene rings is 1. The highest BCUT2D eigenvalue weighted by Gasteiger charge is 2.22.